The van der Waals surface area contributed by atoms with Crippen LogP contribution in [0.2, 0.25) is 0 Å². The Bertz CT molecular complexity index is 1370. The lowest BCUT2D eigenvalue weighted by Crippen LogP contribution is -2.29. The van der Waals surface area contributed by atoms with Gasteiger partial charge in [-0.3, -0.25) is 14.3 Å². The molecule has 32 heavy (non-hydrogen) atoms. The molecule has 8 heteroatoms. The molecule has 8 nitrogen and oxygen atoms in total. The fourth-order valence-electron chi connectivity index (χ4n) is 3.91. The Morgan fingerprint density at radius 2 is 1.81 bits per heavy atom. The minimum Gasteiger partial charge on any atom is -0.462 e. The van der Waals surface area contributed by atoms with Crippen LogP contribution < -0.4 is 10.9 Å². The second kappa shape index (κ2) is 8.66. The molecule has 0 saturated carbocycles. The lowest BCUT2D eigenvalue weighted by atomic mass is 10.1. The molecule has 0 radical (unpaired) electrons. The first-order chi connectivity index (χ1) is 15.4. The van der Waals surface area contributed by atoms with Crippen molar-refractivity contribution >= 4 is 34.1 Å². The summed E-state index contributed by atoms with van der Waals surface area (Å²) in [5.41, 5.74) is 2.71. The number of ether oxygens (including phenoxy) is 1. The van der Waals surface area contributed by atoms with E-state index in [0.717, 1.165) is 10.9 Å². The molecule has 1 amide bonds. The molecule has 2 aromatic heterocycles. The van der Waals surface area contributed by atoms with E-state index >= 15 is 0 Å². The Hall–Kier alpha value is -3.94. The number of amides is 1. The van der Waals surface area contributed by atoms with Gasteiger partial charge in [0.05, 0.1) is 17.7 Å². The van der Waals surface area contributed by atoms with Crippen LogP contribution in [0.3, 0.4) is 0 Å². The predicted octanol–water partition coefficient (Wildman–Crippen LogP) is 3.72. The monoisotopic (exact) mass is 432 g/mol. The zero-order valence-electron chi connectivity index (χ0n) is 18.2. The second-order valence-corrected chi connectivity index (χ2v) is 7.44. The second-order valence-electron chi connectivity index (χ2n) is 7.44. The molecule has 0 fully saturated rings. The summed E-state index contributed by atoms with van der Waals surface area (Å²) >= 11 is 0. The van der Waals surface area contributed by atoms with Gasteiger partial charge in [-0.05, 0) is 56.7 Å². The van der Waals surface area contributed by atoms with E-state index in [-0.39, 0.29) is 11.5 Å². The first kappa shape index (κ1) is 21.3. The minimum atomic E-state index is -0.551. The van der Waals surface area contributed by atoms with Gasteiger partial charge in [0.25, 0.3) is 5.56 Å². The van der Waals surface area contributed by atoms with Gasteiger partial charge in [-0.15, -0.1) is 0 Å². The standard InChI is InChI=1S/C24H24N4O4/c1-4-19(23(30)25-17-12-10-16(11-13-17)24(31)32-5-2)28-20-9-7-6-8-18(20)22-26-21(29)14-15(3)27(22)28/h6-14,19H,4-5H2,1-3H3,(H,25,30)/t19-/m1/s1. The van der Waals surface area contributed by atoms with Crippen molar-refractivity contribution in [2.75, 3.05) is 11.9 Å². The molecule has 0 unspecified atom stereocenters. The lowest BCUT2D eigenvalue weighted by Gasteiger charge is -2.20. The van der Waals surface area contributed by atoms with Crippen molar-refractivity contribution in [1.29, 1.82) is 0 Å². The number of aromatic nitrogens is 3. The van der Waals surface area contributed by atoms with Crippen LogP contribution in [0.5, 0.6) is 0 Å². The van der Waals surface area contributed by atoms with Crippen molar-refractivity contribution in [2.45, 2.75) is 33.2 Å². The first-order valence-electron chi connectivity index (χ1n) is 10.5. The Morgan fingerprint density at radius 3 is 2.50 bits per heavy atom. The fraction of sp³-hybridized carbons (Fsp3) is 0.250. The third kappa shape index (κ3) is 3.75. The third-order valence-corrected chi connectivity index (χ3v) is 5.34. The van der Waals surface area contributed by atoms with Gasteiger partial charge >= 0.3 is 5.97 Å². The van der Waals surface area contributed by atoms with Gasteiger partial charge in [0.2, 0.25) is 5.91 Å². The number of fused-ring (bicyclic) bond motifs is 3. The molecule has 164 valence electrons. The number of benzene rings is 2. The highest BCUT2D eigenvalue weighted by Crippen LogP contribution is 2.27. The summed E-state index contributed by atoms with van der Waals surface area (Å²) in [5, 5.41) is 3.74. The molecule has 4 rings (SSSR count). The Labute approximate surface area is 184 Å². The zero-order valence-corrected chi connectivity index (χ0v) is 18.2. The summed E-state index contributed by atoms with van der Waals surface area (Å²) in [7, 11) is 0. The van der Waals surface area contributed by atoms with Crippen LogP contribution in [0.1, 0.15) is 42.4 Å². The van der Waals surface area contributed by atoms with Gasteiger partial charge in [0.1, 0.15) is 6.04 Å². The summed E-state index contributed by atoms with van der Waals surface area (Å²) in [4.78, 5) is 41.4. The van der Waals surface area contributed by atoms with Gasteiger partial charge in [0.15, 0.2) is 5.65 Å². The first-order valence-corrected chi connectivity index (χ1v) is 10.5. The topological polar surface area (TPSA) is 94.7 Å². The average molecular weight is 432 g/mol. The molecule has 2 heterocycles. The molecular weight excluding hydrogens is 408 g/mol. The molecule has 0 aliphatic rings. The highest BCUT2D eigenvalue weighted by molar-refractivity contribution is 5.98. The van der Waals surface area contributed by atoms with Crippen molar-refractivity contribution in [3.63, 3.8) is 0 Å². The van der Waals surface area contributed by atoms with Crippen molar-refractivity contribution in [3.05, 3.63) is 76.2 Å². The number of rotatable bonds is 6. The van der Waals surface area contributed by atoms with Crippen LogP contribution >= 0.6 is 0 Å². The number of hydrogen-bond donors (Lipinski definition) is 1. The summed E-state index contributed by atoms with van der Waals surface area (Å²) in [5.74, 6) is -0.614. The smallest absolute Gasteiger partial charge is 0.338 e. The molecule has 0 saturated heterocycles. The van der Waals surface area contributed by atoms with E-state index in [1.165, 1.54) is 6.07 Å². The van der Waals surface area contributed by atoms with E-state index in [2.05, 4.69) is 10.3 Å². The maximum atomic E-state index is 13.3. The third-order valence-electron chi connectivity index (χ3n) is 5.34. The number of anilines is 1. The summed E-state index contributed by atoms with van der Waals surface area (Å²) < 4.78 is 8.70. The van der Waals surface area contributed by atoms with Gasteiger partial charge in [-0.1, -0.05) is 19.1 Å². The molecule has 1 atom stereocenters. The Kier molecular flexibility index (Phi) is 5.77. The lowest BCUT2D eigenvalue weighted by molar-refractivity contribution is -0.119. The molecule has 1 N–H and O–H groups in total. The summed E-state index contributed by atoms with van der Waals surface area (Å²) in [6.07, 6.45) is 0.520. The van der Waals surface area contributed by atoms with Crippen LogP contribution in [-0.4, -0.2) is 32.7 Å². The number of para-hydroxylation sites is 1. The zero-order chi connectivity index (χ0) is 22.8. The van der Waals surface area contributed by atoms with E-state index in [4.69, 9.17) is 4.74 Å². The van der Waals surface area contributed by atoms with Crippen LogP contribution in [0.15, 0.2) is 59.4 Å². The molecule has 0 aliphatic carbocycles. The maximum absolute atomic E-state index is 13.3. The van der Waals surface area contributed by atoms with Gasteiger partial charge in [0, 0.05) is 22.8 Å². The number of hydrogen-bond acceptors (Lipinski definition) is 5. The van der Waals surface area contributed by atoms with Crippen molar-refractivity contribution in [2.24, 2.45) is 0 Å². The van der Waals surface area contributed by atoms with E-state index in [0.29, 0.717) is 35.6 Å². The van der Waals surface area contributed by atoms with Gasteiger partial charge < -0.3 is 10.1 Å². The SMILES string of the molecule is CCOC(=O)c1ccc(NC(=O)[C@@H](CC)n2c3ccccc3c3nc(=O)cc(C)n32)cc1. The van der Waals surface area contributed by atoms with Gasteiger partial charge in [-0.2, -0.15) is 4.98 Å². The largest absolute Gasteiger partial charge is 0.462 e. The number of esters is 1. The fourth-order valence-corrected chi connectivity index (χ4v) is 3.91. The summed E-state index contributed by atoms with van der Waals surface area (Å²) in [6.45, 7) is 5.80. The van der Waals surface area contributed by atoms with Crippen molar-refractivity contribution < 1.29 is 14.3 Å². The van der Waals surface area contributed by atoms with Crippen LogP contribution in [0.25, 0.3) is 16.6 Å². The average Bonchev–Trinajstić information content (AvgIpc) is 3.10. The number of nitrogens with zero attached hydrogens (tertiary/aromatic N) is 3. The van der Waals surface area contributed by atoms with E-state index in [1.807, 2.05) is 47.3 Å². The van der Waals surface area contributed by atoms with E-state index in [9.17, 15) is 14.4 Å². The van der Waals surface area contributed by atoms with Crippen molar-refractivity contribution in [1.82, 2.24) is 14.2 Å². The Balaban J connectivity index is 1.73. The van der Waals surface area contributed by atoms with Crippen LogP contribution in [-0.2, 0) is 9.53 Å². The number of carbonyl (C=O) groups is 2. The van der Waals surface area contributed by atoms with E-state index in [1.54, 1.807) is 31.2 Å². The van der Waals surface area contributed by atoms with Gasteiger partial charge in [-0.25, -0.2) is 9.31 Å². The summed E-state index contributed by atoms with van der Waals surface area (Å²) in [6, 6.07) is 15.1. The molecule has 0 aliphatic heterocycles. The number of aryl methyl sites for hydroxylation is 1. The van der Waals surface area contributed by atoms with Crippen molar-refractivity contribution in [3.8, 4) is 0 Å². The normalized spacial score (nSPS) is 12.1. The predicted molar refractivity (Wildman–Crippen MR) is 122 cm³/mol. The molecule has 2 aromatic carbocycles. The molecule has 0 spiro atoms. The van der Waals surface area contributed by atoms with Crippen LogP contribution in [0, 0.1) is 6.92 Å². The quantitative estimate of drug-likeness (QED) is 0.469. The van der Waals surface area contributed by atoms with E-state index < -0.39 is 12.0 Å². The molecule has 4 aromatic rings. The molecular formula is C24H24N4O4. The minimum absolute atomic E-state index is 0.211. The maximum Gasteiger partial charge on any atom is 0.338 e. The highest BCUT2D eigenvalue weighted by atomic mass is 16.5. The van der Waals surface area contributed by atoms with Crippen LogP contribution in [0.4, 0.5) is 5.69 Å². The number of carbonyl (C=O) groups excluding carboxylic acids is 2. The highest BCUT2D eigenvalue weighted by Gasteiger charge is 2.25. The number of nitrogens with one attached hydrogen (secondary N) is 1. The molecule has 0 bridgehead atoms. The Morgan fingerprint density at radius 1 is 1.09 bits per heavy atom.